The van der Waals surface area contributed by atoms with Gasteiger partial charge in [-0.05, 0) is 23.6 Å². The third-order valence-corrected chi connectivity index (χ3v) is 2.66. The average Bonchev–Trinajstić information content (AvgIpc) is 2.38. The highest BCUT2D eigenvalue weighted by molar-refractivity contribution is 5.76. The van der Waals surface area contributed by atoms with Crippen molar-refractivity contribution in [3.05, 3.63) is 66.0 Å². The smallest absolute Gasteiger partial charge is 0.311 e. The molecule has 0 radical (unpaired) electrons. The lowest BCUT2D eigenvalue weighted by molar-refractivity contribution is -0.138. The molecule has 0 saturated carbocycles. The minimum absolute atomic E-state index is 0.465. The van der Waals surface area contributed by atoms with Crippen molar-refractivity contribution in [2.75, 3.05) is 0 Å². The average molecular weight is 227 g/mol. The van der Waals surface area contributed by atoms with E-state index >= 15 is 0 Å². The summed E-state index contributed by atoms with van der Waals surface area (Å²) in [5.74, 6) is -1.32. The lowest BCUT2D eigenvalue weighted by atomic mass is 9.93. The molecule has 17 heavy (non-hydrogen) atoms. The van der Waals surface area contributed by atoms with Crippen LogP contribution in [0.4, 0.5) is 0 Å². The van der Waals surface area contributed by atoms with Gasteiger partial charge in [0.25, 0.3) is 0 Å². The number of hydrogen-bond acceptors (Lipinski definition) is 2. The SMILES string of the molecule is O=C(O)C(Cc1cccnc1)c1ccccc1. The molecule has 0 aliphatic rings. The van der Waals surface area contributed by atoms with Gasteiger partial charge in [-0.15, -0.1) is 0 Å². The van der Waals surface area contributed by atoms with Crippen LogP contribution in [-0.4, -0.2) is 16.1 Å². The van der Waals surface area contributed by atoms with Gasteiger partial charge in [0, 0.05) is 12.4 Å². The van der Waals surface area contributed by atoms with Gasteiger partial charge < -0.3 is 5.11 Å². The molecule has 1 N–H and O–H groups in total. The van der Waals surface area contributed by atoms with Crippen molar-refractivity contribution in [2.24, 2.45) is 0 Å². The second-order valence-corrected chi connectivity index (χ2v) is 3.87. The van der Waals surface area contributed by atoms with Gasteiger partial charge in [-0.3, -0.25) is 9.78 Å². The van der Waals surface area contributed by atoms with E-state index in [1.54, 1.807) is 12.4 Å². The Kier molecular flexibility index (Phi) is 3.50. The van der Waals surface area contributed by atoms with Crippen LogP contribution in [0.3, 0.4) is 0 Å². The van der Waals surface area contributed by atoms with Crippen molar-refractivity contribution in [3.8, 4) is 0 Å². The maximum Gasteiger partial charge on any atom is 0.311 e. The van der Waals surface area contributed by atoms with E-state index in [0.717, 1.165) is 11.1 Å². The Balaban J connectivity index is 2.23. The Morgan fingerprint density at radius 3 is 2.53 bits per heavy atom. The number of rotatable bonds is 4. The maximum absolute atomic E-state index is 11.3. The fraction of sp³-hybridized carbons (Fsp3) is 0.143. The Bertz CT molecular complexity index is 482. The molecular formula is C14H13NO2. The highest BCUT2D eigenvalue weighted by atomic mass is 16.4. The number of carboxylic acids is 1. The number of pyridine rings is 1. The zero-order chi connectivity index (χ0) is 12.1. The van der Waals surface area contributed by atoms with Gasteiger partial charge in [-0.25, -0.2) is 0 Å². The topological polar surface area (TPSA) is 50.2 Å². The van der Waals surface area contributed by atoms with Gasteiger partial charge in [-0.1, -0.05) is 36.4 Å². The summed E-state index contributed by atoms with van der Waals surface area (Å²) in [6, 6.07) is 13.0. The van der Waals surface area contributed by atoms with Crippen molar-refractivity contribution in [1.82, 2.24) is 4.98 Å². The van der Waals surface area contributed by atoms with Crippen LogP contribution in [0.15, 0.2) is 54.9 Å². The number of aromatic nitrogens is 1. The van der Waals surface area contributed by atoms with E-state index in [4.69, 9.17) is 0 Å². The first-order chi connectivity index (χ1) is 8.27. The maximum atomic E-state index is 11.3. The van der Waals surface area contributed by atoms with Crippen LogP contribution in [0.25, 0.3) is 0 Å². The van der Waals surface area contributed by atoms with Crippen LogP contribution in [0.2, 0.25) is 0 Å². The molecule has 0 fully saturated rings. The molecule has 2 aromatic rings. The third kappa shape index (κ3) is 2.91. The monoisotopic (exact) mass is 227 g/mol. The van der Waals surface area contributed by atoms with Gasteiger partial charge >= 0.3 is 5.97 Å². The molecule has 1 unspecified atom stereocenters. The van der Waals surface area contributed by atoms with E-state index in [9.17, 15) is 9.90 Å². The molecule has 1 heterocycles. The molecule has 0 spiro atoms. The molecule has 1 aromatic carbocycles. The number of nitrogens with zero attached hydrogens (tertiary/aromatic N) is 1. The highest BCUT2D eigenvalue weighted by Crippen LogP contribution is 2.20. The lowest BCUT2D eigenvalue weighted by Gasteiger charge is -2.12. The zero-order valence-corrected chi connectivity index (χ0v) is 9.28. The normalized spacial score (nSPS) is 12.0. The molecule has 0 aliphatic heterocycles. The van der Waals surface area contributed by atoms with Crippen molar-refractivity contribution >= 4 is 5.97 Å². The fourth-order valence-corrected chi connectivity index (χ4v) is 1.79. The summed E-state index contributed by atoms with van der Waals surface area (Å²) in [6.07, 6.45) is 3.86. The zero-order valence-electron chi connectivity index (χ0n) is 9.28. The van der Waals surface area contributed by atoms with Crippen LogP contribution in [0.5, 0.6) is 0 Å². The molecule has 0 amide bonds. The van der Waals surface area contributed by atoms with Gasteiger partial charge in [0.15, 0.2) is 0 Å². The number of benzene rings is 1. The summed E-state index contributed by atoms with van der Waals surface area (Å²) in [6.45, 7) is 0. The van der Waals surface area contributed by atoms with E-state index in [1.807, 2.05) is 42.5 Å². The van der Waals surface area contributed by atoms with Gasteiger partial charge in [-0.2, -0.15) is 0 Å². The molecule has 0 bridgehead atoms. The Labute approximate surface area is 99.8 Å². The number of hydrogen-bond donors (Lipinski definition) is 1. The van der Waals surface area contributed by atoms with Crippen molar-refractivity contribution < 1.29 is 9.90 Å². The van der Waals surface area contributed by atoms with Crippen LogP contribution < -0.4 is 0 Å². The first-order valence-electron chi connectivity index (χ1n) is 5.44. The third-order valence-electron chi connectivity index (χ3n) is 2.66. The minimum atomic E-state index is -0.806. The fourth-order valence-electron chi connectivity index (χ4n) is 1.79. The quantitative estimate of drug-likeness (QED) is 0.873. The van der Waals surface area contributed by atoms with E-state index in [-0.39, 0.29) is 0 Å². The Morgan fingerprint density at radius 1 is 1.18 bits per heavy atom. The summed E-state index contributed by atoms with van der Waals surface area (Å²) >= 11 is 0. The molecule has 2 rings (SSSR count). The predicted molar refractivity (Wildman–Crippen MR) is 64.8 cm³/mol. The number of aliphatic carboxylic acids is 1. The number of carbonyl (C=O) groups is 1. The molecule has 3 nitrogen and oxygen atoms in total. The summed E-state index contributed by atoms with van der Waals surface area (Å²) in [4.78, 5) is 15.3. The standard InChI is InChI=1S/C14H13NO2/c16-14(17)13(12-6-2-1-3-7-12)9-11-5-4-8-15-10-11/h1-8,10,13H,9H2,(H,16,17). The van der Waals surface area contributed by atoms with E-state index in [0.29, 0.717) is 6.42 Å². The second-order valence-electron chi connectivity index (χ2n) is 3.87. The molecule has 1 atom stereocenters. The van der Waals surface area contributed by atoms with Crippen molar-refractivity contribution in [3.63, 3.8) is 0 Å². The molecule has 1 aromatic heterocycles. The van der Waals surface area contributed by atoms with Crippen LogP contribution in [0.1, 0.15) is 17.0 Å². The number of carboxylic acid groups (broad SMARTS) is 1. The molecule has 0 aliphatic carbocycles. The van der Waals surface area contributed by atoms with Crippen LogP contribution >= 0.6 is 0 Å². The van der Waals surface area contributed by atoms with E-state index < -0.39 is 11.9 Å². The molecule has 3 heteroatoms. The first kappa shape index (κ1) is 11.3. The highest BCUT2D eigenvalue weighted by Gasteiger charge is 2.19. The van der Waals surface area contributed by atoms with Crippen LogP contribution in [0, 0.1) is 0 Å². The summed E-state index contributed by atoms with van der Waals surface area (Å²) < 4.78 is 0. The minimum Gasteiger partial charge on any atom is -0.481 e. The largest absolute Gasteiger partial charge is 0.481 e. The second kappa shape index (κ2) is 5.25. The molecule has 86 valence electrons. The first-order valence-corrected chi connectivity index (χ1v) is 5.44. The lowest BCUT2D eigenvalue weighted by Crippen LogP contribution is -2.14. The van der Waals surface area contributed by atoms with Gasteiger partial charge in [0.05, 0.1) is 5.92 Å². The van der Waals surface area contributed by atoms with Crippen molar-refractivity contribution in [1.29, 1.82) is 0 Å². The van der Waals surface area contributed by atoms with Gasteiger partial charge in [0.1, 0.15) is 0 Å². The summed E-state index contributed by atoms with van der Waals surface area (Å²) in [7, 11) is 0. The van der Waals surface area contributed by atoms with E-state index in [1.165, 1.54) is 0 Å². The summed E-state index contributed by atoms with van der Waals surface area (Å²) in [5.41, 5.74) is 1.76. The van der Waals surface area contributed by atoms with Crippen LogP contribution in [-0.2, 0) is 11.2 Å². The summed E-state index contributed by atoms with van der Waals surface area (Å²) in [5, 5.41) is 9.27. The van der Waals surface area contributed by atoms with Crippen molar-refractivity contribution in [2.45, 2.75) is 12.3 Å². The molecular weight excluding hydrogens is 214 g/mol. The Morgan fingerprint density at radius 2 is 1.94 bits per heavy atom. The van der Waals surface area contributed by atoms with Gasteiger partial charge in [0.2, 0.25) is 0 Å². The van der Waals surface area contributed by atoms with E-state index in [2.05, 4.69) is 4.98 Å². The molecule has 0 saturated heterocycles. The Hall–Kier alpha value is -2.16. The predicted octanol–water partition coefficient (Wildman–Crippen LogP) is 2.49.